The molecule has 100 valence electrons. The average molecular weight is 279 g/mol. The van der Waals surface area contributed by atoms with Gasteiger partial charge in [0.15, 0.2) is 0 Å². The number of ketones is 1. The smallest absolute Gasteiger partial charge is 0.296 e. The Morgan fingerprint density at radius 1 is 1.42 bits per heavy atom. The van der Waals surface area contributed by atoms with Crippen LogP contribution in [0.5, 0.6) is 0 Å². The minimum Gasteiger partial charge on any atom is -0.370 e. The topological polar surface area (TPSA) is 49.4 Å². The van der Waals surface area contributed by atoms with E-state index in [9.17, 15) is 9.59 Å². The van der Waals surface area contributed by atoms with Gasteiger partial charge in [0.25, 0.3) is 11.7 Å². The molecule has 3 rings (SSSR count). The molecule has 2 aliphatic rings. The standard InChI is InChI=1S/C14H15ClN2O2/c1-2-8-3-4-17(7-8)12-6-11-9(5-10(12)15)13(18)14(19)16-11/h5-6,8H,2-4,7H2,1H3,(H,16,18,19). The first kappa shape index (κ1) is 12.5. The molecule has 0 aliphatic carbocycles. The van der Waals surface area contributed by atoms with Gasteiger partial charge < -0.3 is 10.2 Å². The maximum atomic E-state index is 11.6. The molecule has 0 aromatic heterocycles. The Labute approximate surface area is 116 Å². The zero-order valence-corrected chi connectivity index (χ0v) is 11.5. The number of amides is 1. The number of nitrogens with zero attached hydrogens (tertiary/aromatic N) is 1. The molecule has 0 spiro atoms. The summed E-state index contributed by atoms with van der Waals surface area (Å²) < 4.78 is 0. The SMILES string of the molecule is CCC1CCN(c2cc3c(cc2Cl)C(=O)C(=O)N3)C1. The molecule has 5 heteroatoms. The predicted octanol–water partition coefficient (Wildman–Crippen LogP) is 2.71. The largest absolute Gasteiger partial charge is 0.370 e. The molecule has 2 aliphatic heterocycles. The van der Waals surface area contributed by atoms with Crippen molar-refractivity contribution in [3.05, 3.63) is 22.7 Å². The van der Waals surface area contributed by atoms with Gasteiger partial charge in [-0.25, -0.2) is 0 Å². The average Bonchev–Trinajstić information content (AvgIpc) is 2.96. The third-order valence-electron chi connectivity index (χ3n) is 3.99. The molecule has 1 aromatic rings. The molecule has 4 nitrogen and oxygen atoms in total. The van der Waals surface area contributed by atoms with Crippen molar-refractivity contribution in [1.29, 1.82) is 0 Å². The minimum absolute atomic E-state index is 0.380. The maximum absolute atomic E-state index is 11.6. The minimum atomic E-state index is -0.573. The summed E-state index contributed by atoms with van der Waals surface area (Å²) in [7, 11) is 0. The summed E-state index contributed by atoms with van der Waals surface area (Å²) in [5.74, 6) is -0.382. The molecule has 1 fully saturated rings. The Bertz CT molecular complexity index is 571. The van der Waals surface area contributed by atoms with Crippen molar-refractivity contribution < 1.29 is 9.59 Å². The first-order valence-electron chi connectivity index (χ1n) is 6.54. The molecule has 0 radical (unpaired) electrons. The highest BCUT2D eigenvalue weighted by atomic mass is 35.5. The molecular weight excluding hydrogens is 264 g/mol. The summed E-state index contributed by atoms with van der Waals surface area (Å²) in [6, 6.07) is 3.42. The first-order valence-corrected chi connectivity index (χ1v) is 6.92. The fraction of sp³-hybridized carbons (Fsp3) is 0.429. The van der Waals surface area contributed by atoms with E-state index in [1.165, 1.54) is 0 Å². The molecule has 1 amide bonds. The van der Waals surface area contributed by atoms with Crippen LogP contribution in [0.2, 0.25) is 5.02 Å². The molecule has 0 bridgehead atoms. The van der Waals surface area contributed by atoms with Gasteiger partial charge >= 0.3 is 0 Å². The van der Waals surface area contributed by atoms with Crippen LogP contribution >= 0.6 is 11.6 Å². The lowest BCUT2D eigenvalue weighted by molar-refractivity contribution is -0.112. The van der Waals surface area contributed by atoms with E-state index in [1.54, 1.807) is 6.07 Å². The monoisotopic (exact) mass is 278 g/mol. The molecule has 1 atom stereocenters. The van der Waals surface area contributed by atoms with Crippen molar-refractivity contribution in [3.63, 3.8) is 0 Å². The van der Waals surface area contributed by atoms with Crippen LogP contribution in [0.25, 0.3) is 0 Å². The molecule has 19 heavy (non-hydrogen) atoms. The Hall–Kier alpha value is -1.55. The first-order chi connectivity index (χ1) is 9.10. The van der Waals surface area contributed by atoms with Crippen LogP contribution in [0, 0.1) is 5.92 Å². The summed E-state index contributed by atoms with van der Waals surface area (Å²) in [4.78, 5) is 25.2. The lowest BCUT2D eigenvalue weighted by Gasteiger charge is -2.20. The fourth-order valence-corrected chi connectivity index (χ4v) is 3.06. The van der Waals surface area contributed by atoms with Crippen LogP contribution in [0.15, 0.2) is 12.1 Å². The zero-order chi connectivity index (χ0) is 13.6. The van der Waals surface area contributed by atoms with Crippen molar-refractivity contribution in [1.82, 2.24) is 0 Å². The van der Waals surface area contributed by atoms with E-state index in [0.717, 1.165) is 31.6 Å². The van der Waals surface area contributed by atoms with Crippen molar-refractivity contribution in [2.75, 3.05) is 23.3 Å². The van der Waals surface area contributed by atoms with Crippen molar-refractivity contribution >= 4 is 34.7 Å². The van der Waals surface area contributed by atoms with E-state index < -0.39 is 11.7 Å². The van der Waals surface area contributed by atoms with Crippen LogP contribution in [0.4, 0.5) is 11.4 Å². The van der Waals surface area contributed by atoms with E-state index >= 15 is 0 Å². The Morgan fingerprint density at radius 2 is 2.21 bits per heavy atom. The van der Waals surface area contributed by atoms with Crippen LogP contribution in [-0.4, -0.2) is 24.8 Å². The predicted molar refractivity (Wildman–Crippen MR) is 75.0 cm³/mol. The van der Waals surface area contributed by atoms with Crippen molar-refractivity contribution in [2.24, 2.45) is 5.92 Å². The van der Waals surface area contributed by atoms with Gasteiger partial charge in [-0.2, -0.15) is 0 Å². The number of Topliss-reactive ketones (excluding diaryl/α,β-unsaturated/α-hetero) is 1. The number of rotatable bonds is 2. The third kappa shape index (κ3) is 2.00. The second-order valence-electron chi connectivity index (χ2n) is 5.14. The maximum Gasteiger partial charge on any atom is 0.296 e. The van der Waals surface area contributed by atoms with Gasteiger partial charge in [0, 0.05) is 13.1 Å². The highest BCUT2D eigenvalue weighted by Gasteiger charge is 2.31. The Kier molecular flexibility index (Phi) is 2.97. The van der Waals surface area contributed by atoms with E-state index in [-0.39, 0.29) is 0 Å². The van der Waals surface area contributed by atoms with Gasteiger partial charge in [0.1, 0.15) is 0 Å². The van der Waals surface area contributed by atoms with Crippen molar-refractivity contribution in [2.45, 2.75) is 19.8 Å². The number of hydrogen-bond donors (Lipinski definition) is 1. The summed E-state index contributed by atoms with van der Waals surface area (Å²) in [5, 5.41) is 3.13. The molecule has 2 heterocycles. The van der Waals surface area contributed by atoms with E-state index in [4.69, 9.17) is 11.6 Å². The number of anilines is 2. The van der Waals surface area contributed by atoms with Gasteiger partial charge in [0.05, 0.1) is 22.0 Å². The van der Waals surface area contributed by atoms with Crippen LogP contribution < -0.4 is 10.2 Å². The van der Waals surface area contributed by atoms with Gasteiger partial charge in [-0.3, -0.25) is 9.59 Å². The molecule has 1 N–H and O–H groups in total. The number of carbonyl (C=O) groups excluding carboxylic acids is 2. The molecular formula is C14H15ClN2O2. The summed E-state index contributed by atoms with van der Waals surface area (Å²) in [5.41, 5.74) is 1.87. The number of nitrogens with one attached hydrogen (secondary N) is 1. The van der Waals surface area contributed by atoms with Crippen LogP contribution in [0.3, 0.4) is 0 Å². The molecule has 1 aromatic carbocycles. The fourth-order valence-electron chi connectivity index (χ4n) is 2.78. The molecule has 1 saturated heterocycles. The number of fused-ring (bicyclic) bond motifs is 1. The van der Waals surface area contributed by atoms with Crippen LogP contribution in [-0.2, 0) is 4.79 Å². The number of halogens is 1. The quantitative estimate of drug-likeness (QED) is 0.846. The lowest BCUT2D eigenvalue weighted by atomic mass is 10.1. The summed E-state index contributed by atoms with van der Waals surface area (Å²) in [6.45, 7) is 4.15. The third-order valence-corrected chi connectivity index (χ3v) is 4.29. The number of benzene rings is 1. The van der Waals surface area contributed by atoms with Crippen molar-refractivity contribution in [3.8, 4) is 0 Å². The van der Waals surface area contributed by atoms with E-state index in [2.05, 4.69) is 17.1 Å². The normalized spacial score (nSPS) is 21.8. The second-order valence-corrected chi connectivity index (χ2v) is 5.55. The van der Waals surface area contributed by atoms with Gasteiger partial charge in [-0.05, 0) is 24.5 Å². The van der Waals surface area contributed by atoms with E-state index in [0.29, 0.717) is 22.2 Å². The Morgan fingerprint density at radius 3 is 2.89 bits per heavy atom. The Balaban J connectivity index is 1.95. The second kappa shape index (κ2) is 4.53. The molecule has 0 saturated carbocycles. The van der Waals surface area contributed by atoms with Gasteiger partial charge in [0.2, 0.25) is 0 Å². The van der Waals surface area contributed by atoms with E-state index in [1.807, 2.05) is 6.07 Å². The highest BCUT2D eigenvalue weighted by Crippen LogP contribution is 2.37. The lowest BCUT2D eigenvalue weighted by Crippen LogP contribution is -2.20. The van der Waals surface area contributed by atoms with Gasteiger partial charge in [-0.15, -0.1) is 0 Å². The molecule has 1 unspecified atom stereocenters. The highest BCUT2D eigenvalue weighted by molar-refractivity contribution is 6.52. The summed E-state index contributed by atoms with van der Waals surface area (Å²) in [6.07, 6.45) is 2.32. The zero-order valence-electron chi connectivity index (χ0n) is 10.7. The van der Waals surface area contributed by atoms with Gasteiger partial charge in [-0.1, -0.05) is 24.9 Å². The number of hydrogen-bond acceptors (Lipinski definition) is 3. The summed E-state index contributed by atoms with van der Waals surface area (Å²) >= 11 is 6.26. The number of carbonyl (C=O) groups is 2. The van der Waals surface area contributed by atoms with Crippen LogP contribution in [0.1, 0.15) is 30.1 Å².